The lowest BCUT2D eigenvalue weighted by Crippen LogP contribution is -2.50. The molecule has 31 heavy (non-hydrogen) atoms. The Morgan fingerprint density at radius 1 is 1.39 bits per heavy atom. The van der Waals surface area contributed by atoms with Crippen LogP contribution in [0.4, 0.5) is 24.5 Å². The molecule has 1 aromatic rings. The number of carbonyl (C=O) groups is 2. The Morgan fingerprint density at radius 3 is 2.68 bits per heavy atom. The van der Waals surface area contributed by atoms with E-state index in [2.05, 4.69) is 5.32 Å². The second-order valence-electron chi connectivity index (χ2n) is 7.95. The summed E-state index contributed by atoms with van der Waals surface area (Å²) in [6.45, 7) is 3.31. The van der Waals surface area contributed by atoms with Crippen LogP contribution in [-0.4, -0.2) is 62.1 Å². The number of amides is 2. The summed E-state index contributed by atoms with van der Waals surface area (Å²) in [4.78, 5) is 27.9. The van der Waals surface area contributed by atoms with Gasteiger partial charge in [-0.15, -0.1) is 0 Å². The predicted octanol–water partition coefficient (Wildman–Crippen LogP) is 2.46. The molecule has 1 aliphatic carbocycles. The first-order valence-electron chi connectivity index (χ1n) is 10.6. The van der Waals surface area contributed by atoms with Crippen LogP contribution in [-0.2, 0) is 20.5 Å². The van der Waals surface area contributed by atoms with Gasteiger partial charge in [-0.1, -0.05) is 13.3 Å². The fraction of sp³-hybridized carbons (Fsp3) is 0.619. The molecule has 2 fully saturated rings. The number of halogens is 3. The van der Waals surface area contributed by atoms with Crippen LogP contribution in [0, 0.1) is 5.92 Å². The fourth-order valence-electron chi connectivity index (χ4n) is 3.98. The van der Waals surface area contributed by atoms with Gasteiger partial charge in [-0.2, -0.15) is 13.2 Å². The molecule has 0 radical (unpaired) electrons. The van der Waals surface area contributed by atoms with Crippen LogP contribution >= 0.6 is 0 Å². The number of carbonyl (C=O) groups excluding carboxylic acids is 2. The Labute approximate surface area is 179 Å². The third kappa shape index (κ3) is 5.55. The summed E-state index contributed by atoms with van der Waals surface area (Å²) >= 11 is 0. The molecule has 0 unspecified atom stereocenters. The zero-order valence-corrected chi connectivity index (χ0v) is 17.6. The number of hydrogen-bond donors (Lipinski definition) is 2. The normalized spacial score (nSPS) is 18.8. The van der Waals surface area contributed by atoms with Gasteiger partial charge in [0.25, 0.3) is 5.91 Å². The number of morpholine rings is 1. The number of hydrogen-bond acceptors (Lipinski definition) is 5. The lowest BCUT2D eigenvalue weighted by Gasteiger charge is -2.35. The van der Waals surface area contributed by atoms with Gasteiger partial charge in [-0.25, -0.2) is 0 Å². The minimum Gasteiger partial charge on any atom is -0.370 e. The highest BCUT2D eigenvalue weighted by Gasteiger charge is 2.37. The third-order valence-corrected chi connectivity index (χ3v) is 5.94. The van der Waals surface area contributed by atoms with Crippen LogP contribution in [0.3, 0.4) is 0 Å². The van der Waals surface area contributed by atoms with Crippen molar-refractivity contribution in [3.8, 4) is 0 Å². The van der Waals surface area contributed by atoms with Crippen LogP contribution in [0.25, 0.3) is 0 Å². The molecule has 10 heteroatoms. The van der Waals surface area contributed by atoms with Crippen molar-refractivity contribution in [1.29, 1.82) is 0 Å². The van der Waals surface area contributed by atoms with Crippen molar-refractivity contribution in [2.24, 2.45) is 11.7 Å². The highest BCUT2D eigenvalue weighted by atomic mass is 19.4. The van der Waals surface area contributed by atoms with E-state index in [4.69, 9.17) is 10.5 Å². The molecular formula is C21H29F3N4O3. The lowest BCUT2D eigenvalue weighted by molar-refractivity contribution is -0.137. The summed E-state index contributed by atoms with van der Waals surface area (Å²) < 4.78 is 46.2. The topological polar surface area (TPSA) is 87.9 Å². The Hall–Kier alpha value is -2.17. The number of benzene rings is 1. The van der Waals surface area contributed by atoms with Gasteiger partial charge in [0.2, 0.25) is 5.91 Å². The average molecular weight is 442 g/mol. The Balaban J connectivity index is 1.79. The van der Waals surface area contributed by atoms with E-state index in [1.54, 1.807) is 0 Å². The van der Waals surface area contributed by atoms with E-state index in [1.807, 2.05) is 11.8 Å². The third-order valence-electron chi connectivity index (χ3n) is 5.94. The van der Waals surface area contributed by atoms with Gasteiger partial charge >= 0.3 is 6.18 Å². The maximum atomic E-state index is 13.7. The second-order valence-corrected chi connectivity index (χ2v) is 7.95. The fourth-order valence-corrected chi connectivity index (χ4v) is 3.98. The molecule has 0 aromatic heterocycles. The van der Waals surface area contributed by atoms with E-state index in [0.29, 0.717) is 12.5 Å². The van der Waals surface area contributed by atoms with Crippen LogP contribution < -0.4 is 16.0 Å². The van der Waals surface area contributed by atoms with Gasteiger partial charge in [0.05, 0.1) is 17.9 Å². The average Bonchev–Trinajstić information content (AvgIpc) is 2.69. The zero-order chi connectivity index (χ0) is 22.6. The van der Waals surface area contributed by atoms with Crippen molar-refractivity contribution in [2.45, 2.75) is 38.4 Å². The Morgan fingerprint density at radius 2 is 2.13 bits per heavy atom. The Kier molecular flexibility index (Phi) is 7.55. The number of ether oxygens (including phenoxy) is 1. The highest BCUT2D eigenvalue weighted by molar-refractivity contribution is 5.98. The van der Waals surface area contributed by atoms with Crippen molar-refractivity contribution in [3.05, 3.63) is 23.8 Å². The molecule has 3 rings (SSSR count). The largest absolute Gasteiger partial charge is 0.418 e. The molecule has 2 aliphatic rings. The number of nitrogens with one attached hydrogen (secondary N) is 1. The number of nitrogens with zero attached hydrogens (tertiary/aromatic N) is 2. The predicted molar refractivity (Wildman–Crippen MR) is 111 cm³/mol. The van der Waals surface area contributed by atoms with E-state index < -0.39 is 29.6 Å². The zero-order valence-electron chi connectivity index (χ0n) is 17.6. The van der Waals surface area contributed by atoms with Crippen LogP contribution in [0.15, 0.2) is 18.2 Å². The summed E-state index contributed by atoms with van der Waals surface area (Å²) in [7, 11) is 0. The van der Waals surface area contributed by atoms with Crippen molar-refractivity contribution >= 4 is 23.2 Å². The molecule has 1 heterocycles. The van der Waals surface area contributed by atoms with Gasteiger partial charge < -0.3 is 20.7 Å². The molecule has 7 nitrogen and oxygen atoms in total. The number of nitrogens with two attached hydrogens (primary N) is 1. The molecular weight excluding hydrogens is 413 g/mol. The highest BCUT2D eigenvalue weighted by Crippen LogP contribution is 2.39. The first-order valence-corrected chi connectivity index (χ1v) is 10.6. The van der Waals surface area contributed by atoms with Gasteiger partial charge in [-0.3, -0.25) is 14.5 Å². The van der Waals surface area contributed by atoms with Crippen molar-refractivity contribution in [1.82, 2.24) is 4.90 Å². The molecule has 1 aromatic carbocycles. The quantitative estimate of drug-likeness (QED) is 0.646. The van der Waals surface area contributed by atoms with E-state index in [0.717, 1.165) is 30.4 Å². The van der Waals surface area contributed by atoms with Gasteiger partial charge in [0, 0.05) is 25.3 Å². The van der Waals surface area contributed by atoms with Gasteiger partial charge in [0.15, 0.2) is 0 Å². The molecule has 3 N–H and O–H groups in total. The summed E-state index contributed by atoms with van der Waals surface area (Å²) in [5, 5.41) is 2.58. The molecule has 1 saturated carbocycles. The van der Waals surface area contributed by atoms with Crippen LogP contribution in [0.2, 0.25) is 0 Å². The SMILES string of the molecule is CCN(CC1CCC1)[C@@H](CN)C(=O)Nc1ccc(N2CCOCC2=O)c(C(F)(F)F)c1. The number of anilines is 2. The molecule has 2 amide bonds. The van der Waals surface area contributed by atoms with E-state index in [9.17, 15) is 22.8 Å². The summed E-state index contributed by atoms with van der Waals surface area (Å²) in [5.74, 6) is -0.442. The van der Waals surface area contributed by atoms with Crippen LogP contribution in [0.1, 0.15) is 31.7 Å². The molecule has 172 valence electrons. The van der Waals surface area contributed by atoms with Crippen molar-refractivity contribution < 1.29 is 27.5 Å². The number of rotatable bonds is 8. The van der Waals surface area contributed by atoms with Crippen molar-refractivity contribution in [2.75, 3.05) is 49.6 Å². The first kappa shape index (κ1) is 23.5. The summed E-state index contributed by atoms with van der Waals surface area (Å²) in [6.07, 6.45) is -1.28. The molecule has 0 bridgehead atoms. The molecule has 0 spiro atoms. The van der Waals surface area contributed by atoms with Gasteiger partial charge in [0.1, 0.15) is 12.6 Å². The van der Waals surface area contributed by atoms with E-state index >= 15 is 0 Å². The minimum absolute atomic E-state index is 0.0138. The summed E-state index contributed by atoms with van der Waals surface area (Å²) in [6, 6.07) is 2.83. The molecule has 1 aliphatic heterocycles. The number of alkyl halides is 3. The molecule has 1 saturated heterocycles. The molecule has 1 atom stereocenters. The van der Waals surface area contributed by atoms with Crippen molar-refractivity contribution in [3.63, 3.8) is 0 Å². The maximum Gasteiger partial charge on any atom is 0.418 e. The van der Waals surface area contributed by atoms with E-state index in [1.165, 1.54) is 18.6 Å². The number of likely N-dealkylation sites (N-methyl/N-ethyl adjacent to an activating group) is 1. The second kappa shape index (κ2) is 9.97. The summed E-state index contributed by atoms with van der Waals surface area (Å²) in [5.41, 5.74) is 4.63. The van der Waals surface area contributed by atoms with Crippen LogP contribution in [0.5, 0.6) is 0 Å². The van der Waals surface area contributed by atoms with Gasteiger partial charge in [-0.05, 0) is 43.5 Å². The lowest BCUT2D eigenvalue weighted by atomic mass is 9.85. The van der Waals surface area contributed by atoms with E-state index in [-0.39, 0.29) is 37.7 Å². The Bertz CT molecular complexity index is 799. The standard InChI is InChI=1S/C21H29F3N4O3/c1-2-27(12-14-4-3-5-14)18(11-25)20(30)26-15-6-7-17(16(10-15)21(22,23)24)28-8-9-31-13-19(28)29/h6-7,10,14,18H,2-5,8-9,11-13,25H2,1H3,(H,26,30)/t18-/m0/s1. The first-order chi connectivity index (χ1) is 14.7. The monoisotopic (exact) mass is 442 g/mol. The minimum atomic E-state index is -4.69. The maximum absolute atomic E-state index is 13.7. The smallest absolute Gasteiger partial charge is 0.370 e.